The molecular formula is C8H10FN. The second-order valence-corrected chi connectivity index (χ2v) is 2.54. The summed E-state index contributed by atoms with van der Waals surface area (Å²) in [6.45, 7) is 3.89. The summed E-state index contributed by atoms with van der Waals surface area (Å²) in [6, 6.07) is 3.51. The van der Waals surface area contributed by atoms with Gasteiger partial charge < -0.3 is 0 Å². The van der Waals surface area contributed by atoms with Crippen LogP contribution < -0.4 is 0 Å². The van der Waals surface area contributed by atoms with Crippen molar-refractivity contribution in [2.24, 2.45) is 0 Å². The zero-order valence-corrected chi connectivity index (χ0v) is 6.13. The van der Waals surface area contributed by atoms with Crippen molar-refractivity contribution in [1.29, 1.82) is 0 Å². The van der Waals surface area contributed by atoms with Crippen molar-refractivity contribution in [3.8, 4) is 0 Å². The van der Waals surface area contributed by atoms with Crippen LogP contribution in [0.5, 0.6) is 0 Å². The van der Waals surface area contributed by atoms with Crippen molar-refractivity contribution in [3.05, 3.63) is 29.8 Å². The molecule has 0 radical (unpaired) electrons. The SMILES string of the molecule is CC(C)c1cccnc1F. The molecule has 10 heavy (non-hydrogen) atoms. The number of aromatic nitrogens is 1. The molecule has 0 bridgehead atoms. The molecule has 0 unspecified atom stereocenters. The first-order chi connectivity index (χ1) is 4.72. The van der Waals surface area contributed by atoms with E-state index in [-0.39, 0.29) is 11.9 Å². The van der Waals surface area contributed by atoms with E-state index in [1.54, 1.807) is 12.1 Å². The number of pyridine rings is 1. The van der Waals surface area contributed by atoms with Gasteiger partial charge in [0.1, 0.15) is 0 Å². The van der Waals surface area contributed by atoms with Gasteiger partial charge in [-0.05, 0) is 12.0 Å². The molecule has 1 nitrogen and oxygen atoms in total. The monoisotopic (exact) mass is 139 g/mol. The van der Waals surface area contributed by atoms with Gasteiger partial charge in [0.25, 0.3) is 0 Å². The van der Waals surface area contributed by atoms with Crippen LogP contribution in [0.4, 0.5) is 4.39 Å². The molecule has 1 rings (SSSR count). The number of halogens is 1. The second kappa shape index (κ2) is 2.78. The Bertz CT molecular complexity index is 220. The summed E-state index contributed by atoms with van der Waals surface area (Å²) in [4.78, 5) is 3.53. The van der Waals surface area contributed by atoms with Gasteiger partial charge in [0.05, 0.1) is 0 Å². The van der Waals surface area contributed by atoms with Crippen molar-refractivity contribution < 1.29 is 4.39 Å². The fraction of sp³-hybridized carbons (Fsp3) is 0.375. The smallest absolute Gasteiger partial charge is 0.216 e. The van der Waals surface area contributed by atoms with E-state index in [1.165, 1.54) is 6.20 Å². The lowest BCUT2D eigenvalue weighted by atomic mass is 10.1. The van der Waals surface area contributed by atoms with E-state index in [4.69, 9.17) is 0 Å². The van der Waals surface area contributed by atoms with Crippen molar-refractivity contribution in [2.75, 3.05) is 0 Å². The summed E-state index contributed by atoms with van der Waals surface area (Å²) in [5.41, 5.74) is 0.683. The molecule has 0 saturated carbocycles. The molecule has 0 saturated heterocycles. The predicted molar refractivity (Wildman–Crippen MR) is 38.3 cm³/mol. The van der Waals surface area contributed by atoms with E-state index in [0.717, 1.165) is 0 Å². The molecular weight excluding hydrogens is 129 g/mol. The molecule has 0 atom stereocenters. The molecule has 54 valence electrons. The Labute approximate surface area is 59.9 Å². The van der Waals surface area contributed by atoms with Gasteiger partial charge >= 0.3 is 0 Å². The third-order valence-corrected chi connectivity index (χ3v) is 1.41. The van der Waals surface area contributed by atoms with Gasteiger partial charge in [0, 0.05) is 11.8 Å². The van der Waals surface area contributed by atoms with Crippen molar-refractivity contribution in [3.63, 3.8) is 0 Å². The predicted octanol–water partition coefficient (Wildman–Crippen LogP) is 2.34. The summed E-state index contributed by atoms with van der Waals surface area (Å²) in [7, 11) is 0. The molecule has 0 aromatic carbocycles. The number of hydrogen-bond donors (Lipinski definition) is 0. The van der Waals surface area contributed by atoms with Gasteiger partial charge in [-0.1, -0.05) is 19.9 Å². The fourth-order valence-electron chi connectivity index (χ4n) is 0.829. The normalized spacial score (nSPS) is 10.4. The van der Waals surface area contributed by atoms with Crippen molar-refractivity contribution in [1.82, 2.24) is 4.98 Å². The third kappa shape index (κ3) is 1.32. The fourth-order valence-corrected chi connectivity index (χ4v) is 0.829. The first-order valence-corrected chi connectivity index (χ1v) is 3.32. The van der Waals surface area contributed by atoms with Crippen LogP contribution in [-0.4, -0.2) is 4.98 Å². The number of nitrogens with zero attached hydrogens (tertiary/aromatic N) is 1. The van der Waals surface area contributed by atoms with Crippen LogP contribution in [-0.2, 0) is 0 Å². The minimum atomic E-state index is -0.350. The maximum Gasteiger partial charge on any atom is 0.216 e. The molecule has 2 heteroatoms. The first kappa shape index (κ1) is 7.19. The standard InChI is InChI=1S/C8H10FN/c1-6(2)7-4-3-5-10-8(7)9/h3-6H,1-2H3. The Morgan fingerprint density at radius 2 is 2.20 bits per heavy atom. The van der Waals surface area contributed by atoms with Crippen LogP contribution in [0.3, 0.4) is 0 Å². The van der Waals surface area contributed by atoms with E-state index in [9.17, 15) is 4.39 Å². The first-order valence-electron chi connectivity index (χ1n) is 3.32. The second-order valence-electron chi connectivity index (χ2n) is 2.54. The van der Waals surface area contributed by atoms with Crippen molar-refractivity contribution in [2.45, 2.75) is 19.8 Å². The molecule has 0 spiro atoms. The van der Waals surface area contributed by atoms with E-state index < -0.39 is 0 Å². The zero-order chi connectivity index (χ0) is 7.56. The quantitative estimate of drug-likeness (QED) is 0.544. The highest BCUT2D eigenvalue weighted by Gasteiger charge is 2.04. The minimum Gasteiger partial charge on any atom is -0.228 e. The van der Waals surface area contributed by atoms with Gasteiger partial charge in [0.2, 0.25) is 5.95 Å². The highest BCUT2D eigenvalue weighted by molar-refractivity contribution is 5.14. The van der Waals surface area contributed by atoms with E-state index in [0.29, 0.717) is 5.56 Å². The highest BCUT2D eigenvalue weighted by atomic mass is 19.1. The summed E-state index contributed by atoms with van der Waals surface area (Å²) < 4.78 is 12.7. The maximum atomic E-state index is 12.7. The van der Waals surface area contributed by atoms with Crippen LogP contribution in [0.25, 0.3) is 0 Å². The zero-order valence-electron chi connectivity index (χ0n) is 6.13. The maximum absolute atomic E-state index is 12.7. The van der Waals surface area contributed by atoms with Gasteiger partial charge in [-0.3, -0.25) is 0 Å². The topological polar surface area (TPSA) is 12.9 Å². The highest BCUT2D eigenvalue weighted by Crippen LogP contribution is 2.14. The molecule has 0 N–H and O–H groups in total. The summed E-state index contributed by atoms with van der Waals surface area (Å²) in [6.07, 6.45) is 1.46. The Morgan fingerprint density at radius 3 is 2.60 bits per heavy atom. The van der Waals surface area contributed by atoms with Gasteiger partial charge in [-0.25, -0.2) is 4.98 Å². The van der Waals surface area contributed by atoms with E-state index in [2.05, 4.69) is 4.98 Å². The average molecular weight is 139 g/mol. The Hall–Kier alpha value is -0.920. The molecule has 1 heterocycles. The van der Waals surface area contributed by atoms with Gasteiger partial charge in [0.15, 0.2) is 0 Å². The molecule has 1 aromatic rings. The van der Waals surface area contributed by atoms with E-state index in [1.807, 2.05) is 13.8 Å². The minimum absolute atomic E-state index is 0.216. The molecule has 0 fully saturated rings. The van der Waals surface area contributed by atoms with Crippen LogP contribution >= 0.6 is 0 Å². The van der Waals surface area contributed by atoms with Crippen LogP contribution in [0.2, 0.25) is 0 Å². The molecule has 1 aromatic heterocycles. The molecule has 0 aliphatic carbocycles. The molecule has 0 amide bonds. The van der Waals surface area contributed by atoms with E-state index >= 15 is 0 Å². The number of rotatable bonds is 1. The lowest BCUT2D eigenvalue weighted by molar-refractivity contribution is 0.557. The number of hydrogen-bond acceptors (Lipinski definition) is 1. The Kier molecular flexibility index (Phi) is 2.00. The molecule has 0 aliphatic rings. The van der Waals surface area contributed by atoms with Gasteiger partial charge in [-0.15, -0.1) is 0 Å². The lowest BCUT2D eigenvalue weighted by Crippen LogP contribution is -1.94. The van der Waals surface area contributed by atoms with Crippen LogP contribution in [0, 0.1) is 5.95 Å². The van der Waals surface area contributed by atoms with Crippen LogP contribution in [0.1, 0.15) is 25.3 Å². The van der Waals surface area contributed by atoms with Gasteiger partial charge in [-0.2, -0.15) is 4.39 Å². The third-order valence-electron chi connectivity index (χ3n) is 1.41. The Balaban J connectivity index is 3.03. The lowest BCUT2D eigenvalue weighted by Gasteiger charge is -2.03. The average Bonchev–Trinajstić information content (AvgIpc) is 1.88. The molecule has 0 aliphatic heterocycles. The van der Waals surface area contributed by atoms with Crippen LogP contribution in [0.15, 0.2) is 18.3 Å². The summed E-state index contributed by atoms with van der Waals surface area (Å²) in [5, 5.41) is 0. The Morgan fingerprint density at radius 1 is 1.50 bits per heavy atom. The van der Waals surface area contributed by atoms with Crippen molar-refractivity contribution >= 4 is 0 Å². The largest absolute Gasteiger partial charge is 0.228 e. The summed E-state index contributed by atoms with van der Waals surface area (Å²) >= 11 is 0. The summed E-state index contributed by atoms with van der Waals surface area (Å²) in [5.74, 6) is -0.133.